The Morgan fingerprint density at radius 1 is 1.09 bits per heavy atom. The lowest BCUT2D eigenvalue weighted by atomic mass is 9.94. The molecule has 0 unspecified atom stereocenters. The van der Waals surface area contributed by atoms with E-state index in [2.05, 4.69) is 15.5 Å². The molecule has 5 rings (SSSR count). The molecule has 7 heteroatoms. The summed E-state index contributed by atoms with van der Waals surface area (Å²) in [7, 11) is 0. The molecule has 1 aliphatic rings. The fourth-order valence-electron chi connectivity index (χ4n) is 4.41. The van der Waals surface area contributed by atoms with Gasteiger partial charge in [0.2, 0.25) is 5.91 Å². The van der Waals surface area contributed by atoms with Crippen LogP contribution in [0.4, 0.5) is 5.69 Å². The van der Waals surface area contributed by atoms with Crippen molar-refractivity contribution in [2.75, 3.05) is 11.9 Å². The van der Waals surface area contributed by atoms with Crippen molar-refractivity contribution < 1.29 is 9.59 Å². The van der Waals surface area contributed by atoms with Crippen molar-refractivity contribution in [2.45, 2.75) is 25.4 Å². The molecule has 0 saturated heterocycles. The van der Waals surface area contributed by atoms with Crippen molar-refractivity contribution in [3.05, 3.63) is 95.2 Å². The first-order chi connectivity index (χ1) is 16.1. The second-order valence-corrected chi connectivity index (χ2v) is 8.31. The van der Waals surface area contributed by atoms with Crippen LogP contribution in [-0.2, 0) is 24.2 Å². The maximum absolute atomic E-state index is 13.5. The van der Waals surface area contributed by atoms with Crippen molar-refractivity contribution >= 4 is 28.4 Å². The molecule has 0 radical (unpaired) electrons. The molecule has 0 aliphatic carbocycles. The summed E-state index contributed by atoms with van der Waals surface area (Å²) in [5.74, 6) is -0.335. The van der Waals surface area contributed by atoms with Gasteiger partial charge in [0, 0.05) is 36.1 Å². The molecule has 1 aliphatic heterocycles. The van der Waals surface area contributed by atoms with Crippen molar-refractivity contribution in [1.82, 2.24) is 15.1 Å². The van der Waals surface area contributed by atoms with Crippen LogP contribution in [0.2, 0.25) is 0 Å². The summed E-state index contributed by atoms with van der Waals surface area (Å²) >= 11 is 0. The molecule has 0 bridgehead atoms. The van der Waals surface area contributed by atoms with E-state index in [0.29, 0.717) is 37.2 Å². The Kier molecular flexibility index (Phi) is 5.62. The third kappa shape index (κ3) is 4.23. The highest BCUT2D eigenvalue weighted by Crippen LogP contribution is 2.25. The van der Waals surface area contributed by atoms with E-state index in [4.69, 9.17) is 5.73 Å². The molecule has 4 N–H and O–H groups in total. The molecule has 3 aromatic carbocycles. The van der Waals surface area contributed by atoms with Crippen molar-refractivity contribution in [3.8, 4) is 0 Å². The number of amides is 2. The number of nitrogens with two attached hydrogens (primary N) is 1. The standard InChI is InChI=1S/C26H25N5O2/c27-15-18-6-8-22-19(12-18)10-11-31(26(22)33)24(13-17-4-2-1-3-5-17)25(32)29-21-7-9-23-20(14-21)16-28-30-23/h1-9,12,14,16,24H,10-11,13,15,27H2,(H,28,30)(H,29,32)/t24-/m0/s1. The summed E-state index contributed by atoms with van der Waals surface area (Å²) in [5.41, 5.74) is 11.0. The van der Waals surface area contributed by atoms with E-state index < -0.39 is 6.04 Å². The number of aromatic amines is 1. The normalized spacial score (nSPS) is 14.2. The van der Waals surface area contributed by atoms with Crippen LogP contribution in [0.1, 0.15) is 27.0 Å². The predicted molar refractivity (Wildman–Crippen MR) is 128 cm³/mol. The quantitative estimate of drug-likeness (QED) is 0.429. The number of aromatic nitrogens is 2. The lowest BCUT2D eigenvalue weighted by molar-refractivity contribution is -0.120. The monoisotopic (exact) mass is 439 g/mol. The van der Waals surface area contributed by atoms with Crippen LogP contribution in [0, 0.1) is 0 Å². The number of carbonyl (C=O) groups is 2. The van der Waals surface area contributed by atoms with Gasteiger partial charge in [0.1, 0.15) is 6.04 Å². The van der Waals surface area contributed by atoms with Gasteiger partial charge in [-0.15, -0.1) is 0 Å². The van der Waals surface area contributed by atoms with E-state index in [1.54, 1.807) is 11.1 Å². The predicted octanol–water partition coefficient (Wildman–Crippen LogP) is 3.27. The van der Waals surface area contributed by atoms with E-state index in [1.165, 1.54) is 0 Å². The minimum absolute atomic E-state index is 0.124. The fourth-order valence-corrected chi connectivity index (χ4v) is 4.41. The Morgan fingerprint density at radius 2 is 1.94 bits per heavy atom. The van der Waals surface area contributed by atoms with Crippen molar-refractivity contribution in [1.29, 1.82) is 0 Å². The Balaban J connectivity index is 1.44. The van der Waals surface area contributed by atoms with E-state index >= 15 is 0 Å². The third-order valence-electron chi connectivity index (χ3n) is 6.18. The second-order valence-electron chi connectivity index (χ2n) is 8.31. The molecule has 7 nitrogen and oxygen atoms in total. The van der Waals surface area contributed by atoms with Gasteiger partial charge < -0.3 is 16.0 Å². The fraction of sp³-hybridized carbons (Fsp3) is 0.192. The zero-order valence-corrected chi connectivity index (χ0v) is 18.1. The number of hydrogen-bond acceptors (Lipinski definition) is 4. The van der Waals surface area contributed by atoms with Crippen LogP contribution in [0.25, 0.3) is 10.9 Å². The SMILES string of the molecule is NCc1ccc2c(c1)CCN([C@@H](Cc1ccccc1)C(=O)Nc1ccc3[nH]ncc3c1)C2=O. The van der Waals surface area contributed by atoms with Crippen LogP contribution in [0.15, 0.2) is 72.9 Å². The average molecular weight is 440 g/mol. The zero-order chi connectivity index (χ0) is 22.8. The molecule has 2 amide bonds. The summed E-state index contributed by atoms with van der Waals surface area (Å²) in [6.07, 6.45) is 2.84. The largest absolute Gasteiger partial charge is 0.326 e. The number of carbonyl (C=O) groups excluding carboxylic acids is 2. The van der Waals surface area contributed by atoms with Gasteiger partial charge >= 0.3 is 0 Å². The average Bonchev–Trinajstić information content (AvgIpc) is 3.31. The van der Waals surface area contributed by atoms with Crippen LogP contribution in [-0.4, -0.2) is 39.5 Å². The van der Waals surface area contributed by atoms with Crippen molar-refractivity contribution in [3.63, 3.8) is 0 Å². The van der Waals surface area contributed by atoms with Gasteiger partial charge in [-0.2, -0.15) is 5.10 Å². The van der Waals surface area contributed by atoms with Crippen LogP contribution in [0.3, 0.4) is 0 Å². The molecule has 1 atom stereocenters. The highest BCUT2D eigenvalue weighted by atomic mass is 16.2. The van der Waals surface area contributed by atoms with Gasteiger partial charge in [0.15, 0.2) is 0 Å². The second kappa shape index (κ2) is 8.88. The lowest BCUT2D eigenvalue weighted by Crippen LogP contribution is -2.51. The highest BCUT2D eigenvalue weighted by Gasteiger charge is 2.34. The summed E-state index contributed by atoms with van der Waals surface area (Å²) in [6.45, 7) is 0.913. The lowest BCUT2D eigenvalue weighted by Gasteiger charge is -2.35. The number of rotatable bonds is 6. The summed E-state index contributed by atoms with van der Waals surface area (Å²) < 4.78 is 0. The maximum Gasteiger partial charge on any atom is 0.254 e. The molecular weight excluding hydrogens is 414 g/mol. The number of benzene rings is 3. The molecule has 2 heterocycles. The van der Waals surface area contributed by atoms with Crippen molar-refractivity contribution in [2.24, 2.45) is 5.73 Å². The van der Waals surface area contributed by atoms with Crippen LogP contribution in [0.5, 0.6) is 0 Å². The third-order valence-corrected chi connectivity index (χ3v) is 6.18. The summed E-state index contributed by atoms with van der Waals surface area (Å²) in [5, 5.41) is 10.9. The number of hydrogen-bond donors (Lipinski definition) is 3. The minimum atomic E-state index is -0.637. The molecule has 0 spiro atoms. The molecule has 1 aromatic heterocycles. The molecule has 33 heavy (non-hydrogen) atoms. The van der Waals surface area contributed by atoms with Gasteiger partial charge in [0.25, 0.3) is 5.91 Å². The molecule has 0 fully saturated rings. The minimum Gasteiger partial charge on any atom is -0.326 e. The Hall–Kier alpha value is -3.97. The zero-order valence-electron chi connectivity index (χ0n) is 18.1. The molecule has 4 aromatic rings. The smallest absolute Gasteiger partial charge is 0.254 e. The number of nitrogens with one attached hydrogen (secondary N) is 2. The molecule has 0 saturated carbocycles. The van der Waals surface area contributed by atoms with Gasteiger partial charge in [-0.05, 0) is 47.4 Å². The number of fused-ring (bicyclic) bond motifs is 2. The van der Waals surface area contributed by atoms with E-state index in [1.807, 2.05) is 66.7 Å². The van der Waals surface area contributed by atoms with Gasteiger partial charge in [0.05, 0.1) is 11.7 Å². The number of H-pyrrole nitrogens is 1. The number of anilines is 1. The van der Waals surface area contributed by atoms with Gasteiger partial charge in [-0.25, -0.2) is 0 Å². The van der Waals surface area contributed by atoms with Crippen LogP contribution < -0.4 is 11.1 Å². The van der Waals surface area contributed by atoms with E-state index in [-0.39, 0.29) is 11.8 Å². The first-order valence-corrected chi connectivity index (χ1v) is 11.0. The Labute approximate surface area is 191 Å². The topological polar surface area (TPSA) is 104 Å². The van der Waals surface area contributed by atoms with E-state index in [9.17, 15) is 9.59 Å². The van der Waals surface area contributed by atoms with E-state index in [0.717, 1.165) is 27.6 Å². The molecule has 166 valence electrons. The Morgan fingerprint density at radius 3 is 2.76 bits per heavy atom. The maximum atomic E-state index is 13.5. The van der Waals surface area contributed by atoms with Gasteiger partial charge in [-0.1, -0.05) is 42.5 Å². The Bertz CT molecular complexity index is 1310. The van der Waals surface area contributed by atoms with Crippen LogP contribution >= 0.6 is 0 Å². The first kappa shape index (κ1) is 20.9. The first-order valence-electron chi connectivity index (χ1n) is 11.0. The summed E-state index contributed by atoms with van der Waals surface area (Å²) in [6, 6.07) is 20.4. The summed E-state index contributed by atoms with van der Waals surface area (Å²) in [4.78, 5) is 28.6. The van der Waals surface area contributed by atoms with Gasteiger partial charge in [-0.3, -0.25) is 14.7 Å². The highest BCUT2D eigenvalue weighted by molar-refractivity contribution is 6.03. The number of nitrogens with zero attached hydrogens (tertiary/aromatic N) is 2. The molecular formula is C26H25N5O2.